The molecular formula is C19H31N3O3. The zero-order valence-electron chi connectivity index (χ0n) is 15.8. The highest BCUT2D eigenvalue weighted by molar-refractivity contribution is 5.79. The molecular weight excluding hydrogens is 318 g/mol. The van der Waals surface area contributed by atoms with Crippen molar-refractivity contribution in [1.82, 2.24) is 10.6 Å². The van der Waals surface area contributed by atoms with Gasteiger partial charge in [-0.25, -0.2) is 0 Å². The molecule has 6 nitrogen and oxygen atoms in total. The van der Waals surface area contributed by atoms with Crippen molar-refractivity contribution in [3.8, 4) is 11.5 Å². The fraction of sp³-hybridized carbons (Fsp3) is 0.632. The lowest BCUT2D eigenvalue weighted by Gasteiger charge is -2.22. The predicted octanol–water partition coefficient (Wildman–Crippen LogP) is 2.59. The molecule has 1 aromatic carbocycles. The number of nitrogens with zero attached hydrogens (tertiary/aromatic N) is 1. The Hall–Kier alpha value is -1.95. The second-order valence-corrected chi connectivity index (χ2v) is 6.59. The van der Waals surface area contributed by atoms with E-state index in [0.29, 0.717) is 13.1 Å². The van der Waals surface area contributed by atoms with Gasteiger partial charge in [-0.1, -0.05) is 6.07 Å². The lowest BCUT2D eigenvalue weighted by molar-refractivity contribution is 0.0283. The summed E-state index contributed by atoms with van der Waals surface area (Å²) in [6.07, 6.45) is 2.17. The van der Waals surface area contributed by atoms with Crippen LogP contribution >= 0.6 is 0 Å². The number of nitrogens with one attached hydrogen (secondary N) is 2. The van der Waals surface area contributed by atoms with E-state index in [1.165, 1.54) is 0 Å². The van der Waals surface area contributed by atoms with Crippen LogP contribution in [0.5, 0.6) is 11.5 Å². The summed E-state index contributed by atoms with van der Waals surface area (Å²) < 4.78 is 16.9. The molecule has 0 saturated carbocycles. The van der Waals surface area contributed by atoms with Gasteiger partial charge in [0.05, 0.1) is 25.8 Å². The molecule has 0 amide bonds. The summed E-state index contributed by atoms with van der Waals surface area (Å²) in [6, 6.07) is 7.63. The Morgan fingerprint density at radius 1 is 1.36 bits per heavy atom. The lowest BCUT2D eigenvalue weighted by Crippen LogP contribution is -2.43. The molecule has 0 aromatic heterocycles. The molecule has 1 heterocycles. The fourth-order valence-corrected chi connectivity index (χ4v) is 2.74. The molecule has 0 bridgehead atoms. The number of ether oxygens (including phenoxy) is 3. The van der Waals surface area contributed by atoms with Gasteiger partial charge < -0.3 is 24.8 Å². The number of methoxy groups -OCH3 is 1. The molecule has 1 saturated heterocycles. The van der Waals surface area contributed by atoms with Crippen LogP contribution in [0.2, 0.25) is 0 Å². The summed E-state index contributed by atoms with van der Waals surface area (Å²) in [4.78, 5) is 4.67. The molecule has 1 fully saturated rings. The molecule has 0 spiro atoms. The SMILES string of the molecule is CCNC(=NCC1(C)CCCO1)NCC(C)Oc1cccc(OC)c1. The fourth-order valence-electron chi connectivity index (χ4n) is 2.74. The molecule has 140 valence electrons. The van der Waals surface area contributed by atoms with Crippen LogP contribution in [-0.4, -0.2) is 51.0 Å². The molecule has 2 N–H and O–H groups in total. The van der Waals surface area contributed by atoms with Crippen LogP contribution in [0, 0.1) is 0 Å². The maximum Gasteiger partial charge on any atom is 0.191 e. The van der Waals surface area contributed by atoms with Crippen LogP contribution in [0.3, 0.4) is 0 Å². The molecule has 1 aromatic rings. The maximum absolute atomic E-state index is 5.93. The van der Waals surface area contributed by atoms with Gasteiger partial charge in [-0.05, 0) is 45.7 Å². The number of hydrogen-bond acceptors (Lipinski definition) is 4. The summed E-state index contributed by atoms with van der Waals surface area (Å²) in [6.45, 7) is 9.17. The van der Waals surface area contributed by atoms with Crippen LogP contribution in [0.1, 0.15) is 33.6 Å². The van der Waals surface area contributed by atoms with Gasteiger partial charge in [0.2, 0.25) is 0 Å². The minimum Gasteiger partial charge on any atom is -0.497 e. The molecule has 2 atom stereocenters. The molecule has 1 aliphatic heterocycles. The average molecular weight is 349 g/mol. The first-order valence-corrected chi connectivity index (χ1v) is 9.01. The number of benzene rings is 1. The van der Waals surface area contributed by atoms with Gasteiger partial charge in [0, 0.05) is 19.2 Å². The van der Waals surface area contributed by atoms with Gasteiger partial charge in [0.15, 0.2) is 5.96 Å². The molecule has 6 heteroatoms. The maximum atomic E-state index is 5.93. The van der Waals surface area contributed by atoms with E-state index >= 15 is 0 Å². The van der Waals surface area contributed by atoms with Gasteiger partial charge in [-0.3, -0.25) is 4.99 Å². The highest BCUT2D eigenvalue weighted by Crippen LogP contribution is 2.25. The zero-order valence-corrected chi connectivity index (χ0v) is 15.8. The van der Waals surface area contributed by atoms with E-state index in [-0.39, 0.29) is 11.7 Å². The van der Waals surface area contributed by atoms with Gasteiger partial charge >= 0.3 is 0 Å². The second kappa shape index (κ2) is 9.51. The van der Waals surface area contributed by atoms with Gasteiger partial charge in [0.25, 0.3) is 0 Å². The van der Waals surface area contributed by atoms with Crippen molar-refractivity contribution in [3.63, 3.8) is 0 Å². The Kier molecular flexibility index (Phi) is 7.37. The third-order valence-corrected chi connectivity index (χ3v) is 4.15. The Morgan fingerprint density at radius 3 is 2.84 bits per heavy atom. The van der Waals surface area contributed by atoms with E-state index in [4.69, 9.17) is 14.2 Å². The topological polar surface area (TPSA) is 64.1 Å². The summed E-state index contributed by atoms with van der Waals surface area (Å²) in [5.74, 6) is 2.38. The minimum atomic E-state index is -0.134. The van der Waals surface area contributed by atoms with E-state index in [9.17, 15) is 0 Å². The Balaban J connectivity index is 1.84. The van der Waals surface area contributed by atoms with Crippen LogP contribution in [0.4, 0.5) is 0 Å². The number of rotatable bonds is 8. The monoisotopic (exact) mass is 349 g/mol. The van der Waals surface area contributed by atoms with E-state index in [1.807, 2.05) is 31.2 Å². The zero-order chi connectivity index (χ0) is 18.1. The van der Waals surface area contributed by atoms with Crippen molar-refractivity contribution in [3.05, 3.63) is 24.3 Å². The summed E-state index contributed by atoms with van der Waals surface area (Å²) >= 11 is 0. The minimum absolute atomic E-state index is 0.00530. The predicted molar refractivity (Wildman–Crippen MR) is 101 cm³/mol. The first kappa shape index (κ1) is 19.4. The van der Waals surface area contributed by atoms with Crippen molar-refractivity contribution in [1.29, 1.82) is 0 Å². The van der Waals surface area contributed by atoms with E-state index in [0.717, 1.165) is 43.5 Å². The van der Waals surface area contributed by atoms with E-state index in [1.54, 1.807) is 7.11 Å². The summed E-state index contributed by atoms with van der Waals surface area (Å²) in [5, 5.41) is 6.61. The molecule has 2 rings (SSSR count). The molecule has 0 radical (unpaired) electrons. The standard InChI is InChI=1S/C19H31N3O3/c1-5-20-18(22-14-19(3)10-7-11-24-19)21-13-15(2)25-17-9-6-8-16(12-17)23-4/h6,8-9,12,15H,5,7,10-11,13-14H2,1-4H3,(H2,20,21,22). The molecule has 25 heavy (non-hydrogen) atoms. The lowest BCUT2D eigenvalue weighted by atomic mass is 10.0. The first-order valence-electron chi connectivity index (χ1n) is 9.01. The van der Waals surface area contributed by atoms with E-state index in [2.05, 4.69) is 29.5 Å². The Bertz CT molecular complexity index is 557. The first-order chi connectivity index (χ1) is 12.0. The largest absolute Gasteiger partial charge is 0.497 e. The normalized spacial score (nSPS) is 21.7. The van der Waals surface area contributed by atoms with Crippen molar-refractivity contribution in [2.24, 2.45) is 4.99 Å². The van der Waals surface area contributed by atoms with Gasteiger partial charge in [0.1, 0.15) is 17.6 Å². The Labute approximate surface area is 151 Å². The van der Waals surface area contributed by atoms with Crippen LogP contribution in [-0.2, 0) is 4.74 Å². The second-order valence-electron chi connectivity index (χ2n) is 6.59. The van der Waals surface area contributed by atoms with E-state index < -0.39 is 0 Å². The van der Waals surface area contributed by atoms with Gasteiger partial charge in [-0.15, -0.1) is 0 Å². The van der Waals surface area contributed by atoms with Crippen LogP contribution in [0.15, 0.2) is 29.3 Å². The smallest absolute Gasteiger partial charge is 0.191 e. The molecule has 0 aliphatic carbocycles. The molecule has 1 aliphatic rings. The highest BCUT2D eigenvalue weighted by Gasteiger charge is 2.29. The average Bonchev–Trinajstić information content (AvgIpc) is 3.04. The third-order valence-electron chi connectivity index (χ3n) is 4.15. The summed E-state index contributed by atoms with van der Waals surface area (Å²) in [7, 11) is 1.65. The summed E-state index contributed by atoms with van der Waals surface area (Å²) in [5.41, 5.74) is -0.134. The third kappa shape index (κ3) is 6.46. The Morgan fingerprint density at radius 2 is 2.16 bits per heavy atom. The van der Waals surface area contributed by atoms with Crippen molar-refractivity contribution >= 4 is 5.96 Å². The van der Waals surface area contributed by atoms with Crippen LogP contribution < -0.4 is 20.1 Å². The molecule has 2 unspecified atom stereocenters. The van der Waals surface area contributed by atoms with Crippen LogP contribution in [0.25, 0.3) is 0 Å². The van der Waals surface area contributed by atoms with Crippen molar-refractivity contribution in [2.75, 3.05) is 33.4 Å². The van der Waals surface area contributed by atoms with Crippen molar-refractivity contribution in [2.45, 2.75) is 45.3 Å². The number of guanidine groups is 1. The van der Waals surface area contributed by atoms with Crippen molar-refractivity contribution < 1.29 is 14.2 Å². The number of hydrogen-bond donors (Lipinski definition) is 2. The quantitative estimate of drug-likeness (QED) is 0.558. The van der Waals surface area contributed by atoms with Gasteiger partial charge in [-0.2, -0.15) is 0 Å². The highest BCUT2D eigenvalue weighted by atomic mass is 16.5. The number of aliphatic imine (C=N–C) groups is 1.